The van der Waals surface area contributed by atoms with Gasteiger partial charge in [-0.15, -0.1) is 0 Å². The maximum absolute atomic E-state index is 12.7. The van der Waals surface area contributed by atoms with E-state index in [-0.39, 0.29) is 5.56 Å². The van der Waals surface area contributed by atoms with Crippen molar-refractivity contribution < 1.29 is 0 Å². The molecule has 0 saturated carbocycles. The van der Waals surface area contributed by atoms with Gasteiger partial charge in [0.15, 0.2) is 0 Å². The van der Waals surface area contributed by atoms with Crippen LogP contribution in [0.4, 0.5) is 0 Å². The van der Waals surface area contributed by atoms with E-state index in [4.69, 9.17) is 11.6 Å². The number of fused-ring (bicyclic) bond motifs is 1. The Morgan fingerprint density at radius 2 is 2.05 bits per heavy atom. The Kier molecular flexibility index (Phi) is 3.74. The molecule has 0 N–H and O–H groups in total. The van der Waals surface area contributed by atoms with E-state index in [9.17, 15) is 4.79 Å². The van der Waals surface area contributed by atoms with Crippen molar-refractivity contribution in [3.63, 3.8) is 0 Å². The second-order valence-corrected chi connectivity index (χ2v) is 5.80. The number of rotatable bonds is 3. The van der Waals surface area contributed by atoms with E-state index < -0.39 is 0 Å². The highest BCUT2D eigenvalue weighted by Crippen LogP contribution is 2.19. The van der Waals surface area contributed by atoms with Gasteiger partial charge in [0.05, 0.1) is 30.0 Å². The lowest BCUT2D eigenvalue weighted by Crippen LogP contribution is -2.21. The smallest absolute Gasteiger partial charge is 0.261 e. The highest BCUT2D eigenvalue weighted by Gasteiger charge is 2.11. The molecule has 3 rings (SSSR count). The zero-order chi connectivity index (χ0) is 15.9. The van der Waals surface area contributed by atoms with Crippen molar-refractivity contribution in [1.82, 2.24) is 19.3 Å². The second-order valence-electron chi connectivity index (χ2n) is 5.37. The number of halogens is 1. The molecular formula is C16H17ClN4O. The van der Waals surface area contributed by atoms with Crippen molar-refractivity contribution in [2.24, 2.45) is 0 Å². The minimum atomic E-state index is -0.0840. The molecule has 0 radical (unpaired) electrons. The van der Waals surface area contributed by atoms with Gasteiger partial charge in [0, 0.05) is 22.8 Å². The van der Waals surface area contributed by atoms with Crippen molar-refractivity contribution in [2.45, 2.75) is 33.9 Å². The van der Waals surface area contributed by atoms with Gasteiger partial charge in [-0.25, -0.2) is 4.98 Å². The second kappa shape index (κ2) is 5.57. The van der Waals surface area contributed by atoms with E-state index in [1.54, 1.807) is 23.2 Å². The highest BCUT2D eigenvalue weighted by atomic mass is 35.5. The van der Waals surface area contributed by atoms with Gasteiger partial charge in [-0.05, 0) is 38.5 Å². The summed E-state index contributed by atoms with van der Waals surface area (Å²) in [6, 6.07) is 3.49. The standard InChI is InChI=1S/C16H17ClN4O/c1-4-21-11(3)12(7-19-21)8-20-9-18-15-10(2)5-13(17)6-14(15)16(20)22/h5-7,9H,4,8H2,1-3H3. The quantitative estimate of drug-likeness (QED) is 0.746. The summed E-state index contributed by atoms with van der Waals surface area (Å²) in [7, 11) is 0. The van der Waals surface area contributed by atoms with Crippen molar-refractivity contribution >= 4 is 22.5 Å². The van der Waals surface area contributed by atoms with Crippen LogP contribution in [0.3, 0.4) is 0 Å². The van der Waals surface area contributed by atoms with Gasteiger partial charge in [-0.1, -0.05) is 11.6 Å². The molecule has 0 fully saturated rings. The molecule has 0 aliphatic rings. The fourth-order valence-electron chi connectivity index (χ4n) is 2.66. The van der Waals surface area contributed by atoms with E-state index in [0.717, 1.165) is 23.4 Å². The molecular weight excluding hydrogens is 300 g/mol. The first-order valence-corrected chi connectivity index (χ1v) is 7.55. The van der Waals surface area contributed by atoms with Gasteiger partial charge in [-0.3, -0.25) is 14.0 Å². The van der Waals surface area contributed by atoms with Gasteiger partial charge in [0.2, 0.25) is 0 Å². The largest absolute Gasteiger partial charge is 0.294 e. The van der Waals surface area contributed by atoms with E-state index in [0.29, 0.717) is 22.5 Å². The van der Waals surface area contributed by atoms with E-state index in [1.165, 1.54) is 0 Å². The van der Waals surface area contributed by atoms with Gasteiger partial charge < -0.3 is 0 Å². The molecule has 3 aromatic rings. The molecule has 0 unspecified atom stereocenters. The van der Waals surface area contributed by atoms with Crippen LogP contribution >= 0.6 is 11.6 Å². The minimum absolute atomic E-state index is 0.0840. The predicted molar refractivity (Wildman–Crippen MR) is 87.5 cm³/mol. The third-order valence-electron chi connectivity index (χ3n) is 3.93. The summed E-state index contributed by atoms with van der Waals surface area (Å²) < 4.78 is 3.51. The first-order valence-electron chi connectivity index (χ1n) is 7.18. The Morgan fingerprint density at radius 1 is 1.27 bits per heavy atom. The topological polar surface area (TPSA) is 52.7 Å². The SMILES string of the molecule is CCn1ncc(Cn2cnc3c(C)cc(Cl)cc3c2=O)c1C. The number of hydrogen-bond donors (Lipinski definition) is 0. The van der Waals surface area contributed by atoms with Crippen molar-refractivity contribution in [1.29, 1.82) is 0 Å². The van der Waals surface area contributed by atoms with Crippen LogP contribution in [0.25, 0.3) is 10.9 Å². The number of hydrogen-bond acceptors (Lipinski definition) is 3. The molecule has 0 spiro atoms. The summed E-state index contributed by atoms with van der Waals surface area (Å²) in [4.78, 5) is 17.1. The fraction of sp³-hybridized carbons (Fsp3) is 0.312. The Balaban J connectivity index is 2.10. The summed E-state index contributed by atoms with van der Waals surface area (Å²) in [6.45, 7) is 7.22. The maximum atomic E-state index is 12.7. The molecule has 0 atom stereocenters. The lowest BCUT2D eigenvalue weighted by molar-refractivity contribution is 0.636. The van der Waals surface area contributed by atoms with Crippen LogP contribution in [-0.4, -0.2) is 19.3 Å². The third kappa shape index (κ3) is 2.41. The Labute approximate surface area is 133 Å². The molecule has 0 aliphatic carbocycles. The molecule has 0 saturated heterocycles. The molecule has 0 bridgehead atoms. The first-order chi connectivity index (χ1) is 10.5. The van der Waals surface area contributed by atoms with Crippen molar-refractivity contribution in [2.75, 3.05) is 0 Å². The van der Waals surface area contributed by atoms with Gasteiger partial charge in [-0.2, -0.15) is 5.10 Å². The molecule has 22 heavy (non-hydrogen) atoms. The Bertz CT molecular complexity index is 910. The Morgan fingerprint density at radius 3 is 2.73 bits per heavy atom. The molecule has 114 valence electrons. The number of benzene rings is 1. The van der Waals surface area contributed by atoms with E-state index in [1.807, 2.05) is 31.5 Å². The molecule has 0 amide bonds. The van der Waals surface area contributed by atoms with Crippen LogP contribution in [0, 0.1) is 13.8 Å². The Hall–Kier alpha value is -2.14. The van der Waals surface area contributed by atoms with Crippen LogP contribution < -0.4 is 5.56 Å². The first kappa shape index (κ1) is 14.8. The average Bonchev–Trinajstić information content (AvgIpc) is 2.83. The average molecular weight is 317 g/mol. The molecule has 0 aliphatic heterocycles. The zero-order valence-electron chi connectivity index (χ0n) is 12.8. The molecule has 2 heterocycles. The van der Waals surface area contributed by atoms with Crippen molar-refractivity contribution in [3.8, 4) is 0 Å². The molecule has 2 aromatic heterocycles. The van der Waals surface area contributed by atoms with Crippen LogP contribution in [0.1, 0.15) is 23.7 Å². The lowest BCUT2D eigenvalue weighted by atomic mass is 10.1. The van der Waals surface area contributed by atoms with Crippen LogP contribution in [0.2, 0.25) is 5.02 Å². The number of nitrogens with zero attached hydrogens (tertiary/aromatic N) is 4. The van der Waals surface area contributed by atoms with Crippen LogP contribution in [0.5, 0.6) is 0 Å². The van der Waals surface area contributed by atoms with E-state index in [2.05, 4.69) is 10.1 Å². The highest BCUT2D eigenvalue weighted by molar-refractivity contribution is 6.31. The van der Waals surface area contributed by atoms with Crippen LogP contribution in [0.15, 0.2) is 29.5 Å². The number of aromatic nitrogens is 4. The fourth-order valence-corrected chi connectivity index (χ4v) is 2.93. The molecule has 6 heteroatoms. The summed E-state index contributed by atoms with van der Waals surface area (Å²) >= 11 is 6.07. The van der Waals surface area contributed by atoms with Gasteiger partial charge in [0.25, 0.3) is 5.56 Å². The van der Waals surface area contributed by atoms with Gasteiger partial charge in [0.1, 0.15) is 0 Å². The minimum Gasteiger partial charge on any atom is -0.294 e. The normalized spacial score (nSPS) is 11.3. The summed E-state index contributed by atoms with van der Waals surface area (Å²) in [6.07, 6.45) is 3.40. The summed E-state index contributed by atoms with van der Waals surface area (Å²) in [5.74, 6) is 0. The third-order valence-corrected chi connectivity index (χ3v) is 4.15. The molecule has 5 nitrogen and oxygen atoms in total. The maximum Gasteiger partial charge on any atom is 0.261 e. The van der Waals surface area contributed by atoms with Crippen LogP contribution in [-0.2, 0) is 13.1 Å². The predicted octanol–water partition coefficient (Wildman–Crippen LogP) is 2.93. The monoisotopic (exact) mass is 316 g/mol. The summed E-state index contributed by atoms with van der Waals surface area (Å²) in [5.41, 5.74) is 3.60. The zero-order valence-corrected chi connectivity index (χ0v) is 13.6. The van der Waals surface area contributed by atoms with Crippen molar-refractivity contribution in [3.05, 3.63) is 56.9 Å². The van der Waals surface area contributed by atoms with E-state index >= 15 is 0 Å². The summed E-state index contributed by atoms with van der Waals surface area (Å²) in [5, 5.41) is 5.41. The lowest BCUT2D eigenvalue weighted by Gasteiger charge is -2.08. The van der Waals surface area contributed by atoms with Gasteiger partial charge >= 0.3 is 0 Å². The number of aryl methyl sites for hydroxylation is 2. The molecule has 1 aromatic carbocycles.